The van der Waals surface area contributed by atoms with Crippen LogP contribution in [-0.2, 0) is 20.5 Å². The summed E-state index contributed by atoms with van der Waals surface area (Å²) in [5.74, 6) is 5.53. The lowest BCUT2D eigenvalue weighted by Crippen LogP contribution is -2.30. The van der Waals surface area contributed by atoms with Crippen LogP contribution in [0.5, 0.6) is 0 Å². The molecule has 0 aliphatic heterocycles. The van der Waals surface area contributed by atoms with E-state index in [1.807, 2.05) is 38.6 Å². The maximum absolute atomic E-state index is 5.53. The average Bonchev–Trinajstić information content (AvgIpc) is 2.84. The van der Waals surface area contributed by atoms with Crippen LogP contribution in [0.25, 0.3) is 0 Å². The van der Waals surface area contributed by atoms with Crippen LogP contribution in [0.4, 0.5) is 0 Å². The summed E-state index contributed by atoms with van der Waals surface area (Å²) in [6.07, 6.45) is 4.55. The van der Waals surface area contributed by atoms with Gasteiger partial charge in [0.25, 0.3) is 0 Å². The quantitative estimate of drug-likeness (QED) is 0.557. The Morgan fingerprint density at radius 3 is 2.44 bits per heavy atom. The lowest BCUT2D eigenvalue weighted by Gasteiger charge is -2.11. The molecule has 1 unspecified atom stereocenters. The zero-order chi connectivity index (χ0) is 11.5. The second kappa shape index (κ2) is 4.46. The molecule has 1 atom stereocenters. The molecule has 0 bridgehead atoms. The van der Waals surface area contributed by atoms with E-state index in [9.17, 15) is 0 Å². The number of nitrogens with one attached hydrogen (secondary N) is 1. The second-order valence-electron chi connectivity index (χ2n) is 3.82. The molecule has 3 N–H and O–H groups in total. The summed E-state index contributed by atoms with van der Waals surface area (Å²) >= 11 is 0. The number of rotatable bonds is 4. The van der Waals surface area contributed by atoms with Crippen LogP contribution in [0, 0.1) is 0 Å². The largest absolute Gasteiger partial charge is 0.276 e. The van der Waals surface area contributed by atoms with Crippen LogP contribution in [0.15, 0.2) is 24.5 Å². The minimum Gasteiger partial charge on any atom is -0.276 e. The molecule has 0 aliphatic carbocycles. The van der Waals surface area contributed by atoms with Gasteiger partial charge in [0.15, 0.2) is 0 Å². The molecule has 0 saturated heterocycles. The van der Waals surface area contributed by atoms with Crippen LogP contribution in [-0.4, -0.2) is 19.6 Å². The fourth-order valence-electron chi connectivity index (χ4n) is 1.65. The summed E-state index contributed by atoms with van der Waals surface area (Å²) in [5, 5.41) is 8.64. The summed E-state index contributed by atoms with van der Waals surface area (Å²) in [7, 11) is 3.78. The molecule has 2 aromatic rings. The zero-order valence-corrected chi connectivity index (χ0v) is 9.46. The smallest absolute Gasteiger partial charge is 0.0811 e. The molecule has 86 valence electrons. The molecule has 0 saturated carbocycles. The van der Waals surface area contributed by atoms with Gasteiger partial charge in [-0.15, -0.1) is 0 Å². The van der Waals surface area contributed by atoms with Gasteiger partial charge in [0.1, 0.15) is 0 Å². The van der Waals surface area contributed by atoms with Crippen molar-refractivity contribution < 1.29 is 0 Å². The zero-order valence-electron chi connectivity index (χ0n) is 9.46. The molecule has 0 aromatic carbocycles. The Bertz CT molecular complexity index is 457. The average molecular weight is 220 g/mol. The molecular weight excluding hydrogens is 204 g/mol. The highest BCUT2D eigenvalue weighted by molar-refractivity contribution is 5.10. The Hall–Kier alpha value is -1.66. The number of hydrogen-bond donors (Lipinski definition) is 2. The van der Waals surface area contributed by atoms with Gasteiger partial charge >= 0.3 is 0 Å². The summed E-state index contributed by atoms with van der Waals surface area (Å²) in [6, 6.07) is 3.93. The molecule has 0 amide bonds. The fourth-order valence-corrected chi connectivity index (χ4v) is 1.65. The van der Waals surface area contributed by atoms with Crippen LogP contribution in [0.3, 0.4) is 0 Å². The SMILES string of the molecule is Cn1ccc(CC(NN)c2ccn(C)n2)n1. The molecule has 6 heteroatoms. The van der Waals surface area contributed by atoms with Crippen molar-refractivity contribution in [3.8, 4) is 0 Å². The Labute approximate surface area is 94.0 Å². The first kappa shape index (κ1) is 10.8. The molecule has 2 rings (SSSR count). The highest BCUT2D eigenvalue weighted by Crippen LogP contribution is 2.14. The maximum Gasteiger partial charge on any atom is 0.0811 e. The van der Waals surface area contributed by atoms with Crippen molar-refractivity contribution >= 4 is 0 Å². The number of nitrogens with zero attached hydrogens (tertiary/aromatic N) is 4. The van der Waals surface area contributed by atoms with Gasteiger partial charge in [-0.3, -0.25) is 20.6 Å². The lowest BCUT2D eigenvalue weighted by molar-refractivity contribution is 0.520. The van der Waals surface area contributed by atoms with Gasteiger partial charge in [0.05, 0.1) is 17.4 Å². The minimum atomic E-state index is -0.00361. The van der Waals surface area contributed by atoms with E-state index in [0.717, 1.165) is 17.8 Å². The molecule has 16 heavy (non-hydrogen) atoms. The Morgan fingerprint density at radius 1 is 1.25 bits per heavy atom. The van der Waals surface area contributed by atoms with Crippen molar-refractivity contribution in [1.82, 2.24) is 25.0 Å². The van der Waals surface area contributed by atoms with Crippen molar-refractivity contribution in [3.63, 3.8) is 0 Å². The van der Waals surface area contributed by atoms with Crippen molar-refractivity contribution in [3.05, 3.63) is 35.9 Å². The van der Waals surface area contributed by atoms with Gasteiger partial charge in [0.2, 0.25) is 0 Å². The molecule has 6 nitrogen and oxygen atoms in total. The van der Waals surface area contributed by atoms with Gasteiger partial charge in [-0.1, -0.05) is 0 Å². The first-order chi connectivity index (χ1) is 7.69. The third-order valence-corrected chi connectivity index (χ3v) is 2.47. The van der Waals surface area contributed by atoms with E-state index in [1.165, 1.54) is 0 Å². The Kier molecular flexibility index (Phi) is 3.02. The van der Waals surface area contributed by atoms with Crippen LogP contribution in [0.2, 0.25) is 0 Å². The van der Waals surface area contributed by atoms with Gasteiger partial charge < -0.3 is 0 Å². The third kappa shape index (κ3) is 2.29. The summed E-state index contributed by atoms with van der Waals surface area (Å²) < 4.78 is 3.54. The number of hydrazine groups is 1. The predicted octanol–water partition coefficient (Wildman–Crippen LogP) is -0.0993. The molecule has 0 spiro atoms. The number of aryl methyl sites for hydroxylation is 2. The van der Waals surface area contributed by atoms with Gasteiger partial charge in [-0.2, -0.15) is 10.2 Å². The minimum absolute atomic E-state index is 0.00361. The van der Waals surface area contributed by atoms with Crippen molar-refractivity contribution in [2.24, 2.45) is 19.9 Å². The first-order valence-electron chi connectivity index (χ1n) is 5.13. The molecule has 0 aliphatic rings. The van der Waals surface area contributed by atoms with Crippen LogP contribution in [0.1, 0.15) is 17.4 Å². The fraction of sp³-hybridized carbons (Fsp3) is 0.400. The summed E-state index contributed by atoms with van der Waals surface area (Å²) in [4.78, 5) is 0. The number of hydrogen-bond acceptors (Lipinski definition) is 4. The maximum atomic E-state index is 5.53. The van der Waals surface area contributed by atoms with E-state index in [1.54, 1.807) is 9.36 Å². The molecule has 0 fully saturated rings. The van der Waals surface area contributed by atoms with E-state index in [-0.39, 0.29) is 6.04 Å². The normalized spacial score (nSPS) is 12.9. The van der Waals surface area contributed by atoms with E-state index in [4.69, 9.17) is 5.84 Å². The van der Waals surface area contributed by atoms with Crippen molar-refractivity contribution in [2.75, 3.05) is 0 Å². The monoisotopic (exact) mass is 220 g/mol. The van der Waals surface area contributed by atoms with Crippen LogP contribution < -0.4 is 11.3 Å². The highest BCUT2D eigenvalue weighted by Gasteiger charge is 2.14. The van der Waals surface area contributed by atoms with Gasteiger partial charge in [-0.25, -0.2) is 0 Å². The van der Waals surface area contributed by atoms with Crippen molar-refractivity contribution in [1.29, 1.82) is 0 Å². The van der Waals surface area contributed by atoms with E-state index >= 15 is 0 Å². The Balaban J connectivity index is 2.12. The lowest BCUT2D eigenvalue weighted by atomic mass is 10.1. The number of aromatic nitrogens is 4. The molecule has 2 aromatic heterocycles. The molecule has 0 radical (unpaired) electrons. The van der Waals surface area contributed by atoms with E-state index in [2.05, 4.69) is 15.6 Å². The predicted molar refractivity (Wildman–Crippen MR) is 60.2 cm³/mol. The third-order valence-electron chi connectivity index (χ3n) is 2.47. The van der Waals surface area contributed by atoms with E-state index in [0.29, 0.717) is 0 Å². The van der Waals surface area contributed by atoms with Gasteiger partial charge in [0, 0.05) is 32.9 Å². The highest BCUT2D eigenvalue weighted by atomic mass is 15.3. The summed E-state index contributed by atoms with van der Waals surface area (Å²) in [5.41, 5.74) is 4.69. The van der Waals surface area contributed by atoms with Gasteiger partial charge in [-0.05, 0) is 12.1 Å². The molecular formula is C10H16N6. The first-order valence-corrected chi connectivity index (χ1v) is 5.13. The number of nitrogens with two attached hydrogens (primary N) is 1. The second-order valence-corrected chi connectivity index (χ2v) is 3.82. The standard InChI is InChI=1S/C10H16N6/c1-15-5-3-8(13-15)7-10(12-11)9-4-6-16(2)14-9/h3-6,10,12H,7,11H2,1-2H3. The summed E-state index contributed by atoms with van der Waals surface area (Å²) in [6.45, 7) is 0. The molecule has 2 heterocycles. The topological polar surface area (TPSA) is 73.7 Å². The van der Waals surface area contributed by atoms with Crippen LogP contribution >= 0.6 is 0 Å². The van der Waals surface area contributed by atoms with E-state index < -0.39 is 0 Å². The van der Waals surface area contributed by atoms with Crippen molar-refractivity contribution in [2.45, 2.75) is 12.5 Å². The Morgan fingerprint density at radius 2 is 1.94 bits per heavy atom.